The number of morpholine rings is 1. The highest BCUT2D eigenvalue weighted by atomic mass is 32.2. The van der Waals surface area contributed by atoms with Crippen molar-refractivity contribution in [1.29, 1.82) is 0 Å². The van der Waals surface area contributed by atoms with Gasteiger partial charge in [-0.05, 0) is 48.6 Å². The molecule has 9 heteroatoms. The molecule has 3 heterocycles. The van der Waals surface area contributed by atoms with E-state index in [1.807, 2.05) is 17.0 Å². The minimum atomic E-state index is -3.73. The maximum atomic E-state index is 13.6. The van der Waals surface area contributed by atoms with Crippen LogP contribution in [-0.2, 0) is 26.0 Å². The Morgan fingerprint density at radius 3 is 2.46 bits per heavy atom. The van der Waals surface area contributed by atoms with E-state index < -0.39 is 15.8 Å². The Balaban J connectivity index is 1.31. The van der Waals surface area contributed by atoms with Gasteiger partial charge >= 0.3 is 0 Å². The van der Waals surface area contributed by atoms with E-state index in [0.717, 1.165) is 19.0 Å². The summed E-state index contributed by atoms with van der Waals surface area (Å²) in [4.78, 5) is 17.5. The van der Waals surface area contributed by atoms with Crippen molar-refractivity contribution in [2.45, 2.75) is 42.7 Å². The van der Waals surface area contributed by atoms with Crippen LogP contribution in [0.15, 0.2) is 53.4 Å². The van der Waals surface area contributed by atoms with Gasteiger partial charge in [-0.15, -0.1) is 0 Å². The molecule has 0 spiro atoms. The molecule has 0 aromatic heterocycles. The van der Waals surface area contributed by atoms with Gasteiger partial charge in [-0.2, -0.15) is 4.31 Å². The Bertz CT molecular complexity index is 1160. The van der Waals surface area contributed by atoms with Crippen molar-refractivity contribution in [3.63, 3.8) is 0 Å². The van der Waals surface area contributed by atoms with Crippen LogP contribution in [0.25, 0.3) is 0 Å². The number of halogens is 1. The first-order chi connectivity index (χ1) is 16.9. The number of hydrogen-bond acceptors (Lipinski definition) is 5. The molecule has 0 radical (unpaired) electrons. The molecule has 0 bridgehead atoms. The Hall–Kier alpha value is -2.33. The molecule has 188 valence electrons. The van der Waals surface area contributed by atoms with Crippen molar-refractivity contribution in [3.8, 4) is 0 Å². The second-order valence-corrected chi connectivity index (χ2v) is 11.4. The highest BCUT2D eigenvalue weighted by molar-refractivity contribution is 7.89. The minimum absolute atomic E-state index is 0.00293. The molecule has 2 aromatic rings. The molecule has 7 nitrogen and oxygen atoms in total. The van der Waals surface area contributed by atoms with Crippen LogP contribution >= 0.6 is 0 Å². The quantitative estimate of drug-likeness (QED) is 0.630. The first kappa shape index (κ1) is 24.4. The van der Waals surface area contributed by atoms with Gasteiger partial charge in [-0.3, -0.25) is 9.69 Å². The van der Waals surface area contributed by atoms with Crippen molar-refractivity contribution < 1.29 is 22.3 Å². The van der Waals surface area contributed by atoms with Gasteiger partial charge in [0.25, 0.3) is 0 Å². The number of amides is 1. The van der Waals surface area contributed by atoms with E-state index in [9.17, 15) is 17.6 Å². The van der Waals surface area contributed by atoms with Gasteiger partial charge in [0.2, 0.25) is 15.9 Å². The van der Waals surface area contributed by atoms with Crippen LogP contribution in [0, 0.1) is 5.82 Å². The highest BCUT2D eigenvalue weighted by Crippen LogP contribution is 2.37. The van der Waals surface area contributed by atoms with E-state index in [-0.39, 0.29) is 22.9 Å². The van der Waals surface area contributed by atoms with E-state index in [4.69, 9.17) is 4.74 Å². The van der Waals surface area contributed by atoms with Crippen molar-refractivity contribution in [1.82, 2.24) is 14.1 Å². The van der Waals surface area contributed by atoms with E-state index in [1.165, 1.54) is 33.6 Å². The predicted molar refractivity (Wildman–Crippen MR) is 130 cm³/mol. The molecule has 1 unspecified atom stereocenters. The van der Waals surface area contributed by atoms with E-state index in [2.05, 4.69) is 17.0 Å². The summed E-state index contributed by atoms with van der Waals surface area (Å²) in [5, 5.41) is 0. The van der Waals surface area contributed by atoms with Gasteiger partial charge in [0.05, 0.1) is 18.1 Å². The van der Waals surface area contributed by atoms with E-state index >= 15 is 0 Å². The maximum absolute atomic E-state index is 13.6. The summed E-state index contributed by atoms with van der Waals surface area (Å²) in [5.74, 6) is -0.410. The highest BCUT2D eigenvalue weighted by Gasteiger charge is 2.38. The molecule has 0 aliphatic carbocycles. The fraction of sp³-hybridized carbons (Fsp3) is 0.500. The number of ether oxygens (including phenoxy) is 1. The van der Waals surface area contributed by atoms with E-state index in [1.54, 1.807) is 0 Å². The summed E-state index contributed by atoms with van der Waals surface area (Å²) >= 11 is 0. The minimum Gasteiger partial charge on any atom is -0.378 e. The smallest absolute Gasteiger partial charge is 0.243 e. The molecule has 1 atom stereocenters. The van der Waals surface area contributed by atoms with Gasteiger partial charge in [-0.25, -0.2) is 12.8 Å². The molecule has 3 aliphatic heterocycles. The van der Waals surface area contributed by atoms with Crippen molar-refractivity contribution in [3.05, 3.63) is 65.5 Å². The molecular formula is C26H32FN3O4S. The molecule has 2 fully saturated rings. The number of hydrogen-bond donors (Lipinski definition) is 0. The predicted octanol–water partition coefficient (Wildman–Crippen LogP) is 2.83. The Labute approximate surface area is 206 Å². The third-order valence-electron chi connectivity index (χ3n) is 7.51. The normalized spacial score (nSPS) is 22.7. The molecule has 0 N–H and O–H groups in total. The monoisotopic (exact) mass is 501 g/mol. The first-order valence-electron chi connectivity index (χ1n) is 12.4. The topological polar surface area (TPSA) is 70.2 Å². The molecule has 5 rings (SSSR count). The van der Waals surface area contributed by atoms with Crippen molar-refractivity contribution in [2.24, 2.45) is 0 Å². The second kappa shape index (κ2) is 10.3. The number of carbonyl (C=O) groups is 1. The molecule has 0 saturated carbocycles. The third-order valence-corrected chi connectivity index (χ3v) is 9.41. The molecule has 35 heavy (non-hydrogen) atoms. The number of nitrogens with zero attached hydrogens (tertiary/aromatic N) is 3. The molecule has 3 aliphatic rings. The van der Waals surface area contributed by atoms with Crippen LogP contribution in [0.2, 0.25) is 0 Å². The van der Waals surface area contributed by atoms with Gasteiger partial charge in [0, 0.05) is 51.2 Å². The van der Waals surface area contributed by atoms with Crippen LogP contribution < -0.4 is 0 Å². The number of carbonyl (C=O) groups excluding carboxylic acids is 1. The molecule has 2 aromatic carbocycles. The lowest BCUT2D eigenvalue weighted by molar-refractivity contribution is -0.137. The number of fused-ring (bicyclic) bond motifs is 1. The third kappa shape index (κ3) is 5.14. The summed E-state index contributed by atoms with van der Waals surface area (Å²) < 4.78 is 46.6. The number of benzene rings is 2. The fourth-order valence-corrected chi connectivity index (χ4v) is 7.13. The lowest BCUT2D eigenvalue weighted by atomic mass is 9.87. The summed E-state index contributed by atoms with van der Waals surface area (Å²) in [5.41, 5.74) is 2.49. The van der Waals surface area contributed by atoms with Gasteiger partial charge < -0.3 is 9.64 Å². The Morgan fingerprint density at radius 2 is 1.71 bits per heavy atom. The van der Waals surface area contributed by atoms with Crippen LogP contribution in [0.5, 0.6) is 0 Å². The van der Waals surface area contributed by atoms with Gasteiger partial charge in [0.15, 0.2) is 0 Å². The number of piperidine rings is 1. The summed E-state index contributed by atoms with van der Waals surface area (Å²) in [6.07, 6.45) is 2.69. The van der Waals surface area contributed by atoms with Crippen LogP contribution in [-0.4, -0.2) is 80.4 Å². The summed E-state index contributed by atoms with van der Waals surface area (Å²) in [6.45, 7) is 4.02. The van der Waals surface area contributed by atoms with Crippen LogP contribution in [0.3, 0.4) is 0 Å². The Kier molecular flexibility index (Phi) is 7.20. The summed E-state index contributed by atoms with van der Waals surface area (Å²) in [7, 11) is -3.73. The van der Waals surface area contributed by atoms with Crippen LogP contribution in [0.4, 0.5) is 4.39 Å². The number of rotatable bonds is 5. The zero-order valence-electron chi connectivity index (χ0n) is 19.8. The second-order valence-electron chi connectivity index (χ2n) is 9.49. The fourth-order valence-electron chi connectivity index (χ4n) is 5.63. The van der Waals surface area contributed by atoms with Crippen molar-refractivity contribution in [2.75, 3.05) is 45.9 Å². The van der Waals surface area contributed by atoms with Gasteiger partial charge in [-0.1, -0.05) is 30.3 Å². The maximum Gasteiger partial charge on any atom is 0.243 e. The molecule has 2 saturated heterocycles. The van der Waals surface area contributed by atoms with Crippen molar-refractivity contribution >= 4 is 15.9 Å². The zero-order valence-corrected chi connectivity index (χ0v) is 20.6. The largest absolute Gasteiger partial charge is 0.378 e. The average Bonchev–Trinajstić information content (AvgIpc) is 2.89. The van der Waals surface area contributed by atoms with Crippen LogP contribution in [0.1, 0.15) is 36.4 Å². The SMILES string of the molecule is O=C(CC1c2ccccc2CCN1C1CCN(S(=O)(=O)c2cccc(F)c2)CC1)N1CCOCC1. The summed E-state index contributed by atoms with van der Waals surface area (Å²) in [6, 6.07) is 13.7. The van der Waals surface area contributed by atoms with E-state index in [0.29, 0.717) is 58.7 Å². The molecule has 1 amide bonds. The first-order valence-corrected chi connectivity index (χ1v) is 13.8. The number of sulfonamides is 1. The lowest BCUT2D eigenvalue weighted by Gasteiger charge is -2.45. The standard InChI is InChI=1S/C26H32FN3O4S/c27-21-5-3-6-23(18-21)35(32,33)29-11-9-22(10-12-29)30-13-8-20-4-1-2-7-24(20)25(30)19-26(31)28-14-16-34-17-15-28/h1-7,18,22,25H,8-17,19H2. The van der Waals surface area contributed by atoms with Gasteiger partial charge in [0.1, 0.15) is 5.82 Å². The molecular weight excluding hydrogens is 469 g/mol. The average molecular weight is 502 g/mol. The zero-order chi connectivity index (χ0) is 24.4. The lowest BCUT2D eigenvalue weighted by Crippen LogP contribution is -2.51. The Morgan fingerprint density at radius 1 is 0.971 bits per heavy atom.